The molecule has 124 valence electrons. The molecule has 1 aliphatic rings. The second-order valence-electron chi connectivity index (χ2n) is 6.47. The normalized spacial score (nSPS) is 13.9. The fourth-order valence-corrected chi connectivity index (χ4v) is 3.13. The van der Waals surface area contributed by atoms with Crippen LogP contribution in [-0.4, -0.2) is 16.5 Å². The number of hydrogen-bond donors (Lipinski definition) is 0. The van der Waals surface area contributed by atoms with E-state index in [2.05, 4.69) is 71.4 Å². The van der Waals surface area contributed by atoms with Gasteiger partial charge in [-0.3, -0.25) is 0 Å². The third-order valence-electron chi connectivity index (χ3n) is 4.60. The zero-order valence-electron chi connectivity index (χ0n) is 14.4. The molecule has 0 aliphatic carbocycles. The van der Waals surface area contributed by atoms with Gasteiger partial charge in [-0.15, -0.1) is 0 Å². The van der Waals surface area contributed by atoms with Gasteiger partial charge >= 0.3 is 0 Å². The molecule has 3 nitrogen and oxygen atoms in total. The van der Waals surface area contributed by atoms with Gasteiger partial charge < -0.3 is 4.90 Å². The molecule has 1 aromatic heterocycles. The van der Waals surface area contributed by atoms with E-state index in [0.29, 0.717) is 0 Å². The average molecular weight is 327 g/mol. The Hall–Kier alpha value is -2.94. The zero-order chi connectivity index (χ0) is 17.1. The Balaban J connectivity index is 1.53. The van der Waals surface area contributed by atoms with Crippen LogP contribution in [0.4, 0.5) is 5.95 Å². The minimum Gasteiger partial charge on any atom is -0.336 e. The number of fused-ring (bicyclic) bond motifs is 1. The number of hydrogen-bond acceptors (Lipinski definition) is 3. The molecule has 3 aromatic rings. The van der Waals surface area contributed by atoms with Crippen LogP contribution in [0.15, 0.2) is 60.8 Å². The van der Waals surface area contributed by atoms with Gasteiger partial charge in [0, 0.05) is 19.3 Å². The number of aromatic nitrogens is 2. The first-order chi connectivity index (χ1) is 12.3. The van der Waals surface area contributed by atoms with E-state index in [1.807, 2.05) is 18.3 Å². The molecule has 0 spiro atoms. The van der Waals surface area contributed by atoms with Crippen molar-refractivity contribution in [3.63, 3.8) is 0 Å². The fraction of sp³-hybridized carbons (Fsp3) is 0.182. The second-order valence-corrected chi connectivity index (χ2v) is 6.47. The van der Waals surface area contributed by atoms with E-state index < -0.39 is 0 Å². The molecule has 0 atom stereocenters. The Labute approximate surface area is 148 Å². The Kier molecular flexibility index (Phi) is 4.30. The average Bonchev–Trinajstić information content (AvgIpc) is 2.67. The monoisotopic (exact) mass is 327 g/mol. The quantitative estimate of drug-likeness (QED) is 0.708. The summed E-state index contributed by atoms with van der Waals surface area (Å²) in [7, 11) is 0. The van der Waals surface area contributed by atoms with Crippen LogP contribution in [0.2, 0.25) is 0 Å². The van der Waals surface area contributed by atoms with Crippen molar-refractivity contribution in [1.29, 1.82) is 0 Å². The first-order valence-corrected chi connectivity index (χ1v) is 8.67. The largest absolute Gasteiger partial charge is 0.336 e. The van der Waals surface area contributed by atoms with Crippen LogP contribution in [0.25, 0.3) is 12.2 Å². The fourth-order valence-electron chi connectivity index (χ4n) is 3.13. The summed E-state index contributed by atoms with van der Waals surface area (Å²) in [6.07, 6.45) is 7.03. The molecule has 0 N–H and O–H groups in total. The smallest absolute Gasteiger partial charge is 0.226 e. The van der Waals surface area contributed by atoms with E-state index in [1.54, 1.807) is 0 Å². The molecular weight excluding hydrogens is 306 g/mol. The summed E-state index contributed by atoms with van der Waals surface area (Å²) in [5, 5.41) is 0. The molecule has 2 heterocycles. The number of benzene rings is 2. The van der Waals surface area contributed by atoms with Gasteiger partial charge in [-0.1, -0.05) is 60.2 Å². The highest BCUT2D eigenvalue weighted by Crippen LogP contribution is 2.22. The van der Waals surface area contributed by atoms with Crippen LogP contribution < -0.4 is 4.90 Å². The third kappa shape index (κ3) is 3.61. The lowest BCUT2D eigenvalue weighted by Crippen LogP contribution is -2.31. The van der Waals surface area contributed by atoms with Gasteiger partial charge in [0.2, 0.25) is 5.95 Å². The van der Waals surface area contributed by atoms with Crippen LogP contribution in [0.3, 0.4) is 0 Å². The van der Waals surface area contributed by atoms with Gasteiger partial charge in [-0.25, -0.2) is 9.97 Å². The summed E-state index contributed by atoms with van der Waals surface area (Å²) in [6, 6.07) is 19.1. The van der Waals surface area contributed by atoms with E-state index in [1.165, 1.54) is 22.3 Å². The van der Waals surface area contributed by atoms with Gasteiger partial charge in [-0.05, 0) is 42.2 Å². The molecule has 0 fully saturated rings. The minimum atomic E-state index is 0.806. The number of nitrogens with zero attached hydrogens (tertiary/aromatic N) is 3. The van der Waals surface area contributed by atoms with Crippen molar-refractivity contribution in [2.75, 3.05) is 11.4 Å². The molecular formula is C22H21N3. The third-order valence-corrected chi connectivity index (χ3v) is 4.60. The molecule has 25 heavy (non-hydrogen) atoms. The van der Waals surface area contributed by atoms with E-state index >= 15 is 0 Å². The van der Waals surface area contributed by atoms with Gasteiger partial charge in [0.15, 0.2) is 0 Å². The van der Waals surface area contributed by atoms with Crippen molar-refractivity contribution in [2.45, 2.75) is 19.9 Å². The van der Waals surface area contributed by atoms with Crippen LogP contribution in [0, 0.1) is 6.92 Å². The summed E-state index contributed by atoms with van der Waals surface area (Å²) >= 11 is 0. The van der Waals surface area contributed by atoms with E-state index in [0.717, 1.165) is 31.2 Å². The predicted molar refractivity (Wildman–Crippen MR) is 103 cm³/mol. The highest BCUT2D eigenvalue weighted by molar-refractivity contribution is 5.68. The maximum Gasteiger partial charge on any atom is 0.226 e. The maximum atomic E-state index is 4.73. The van der Waals surface area contributed by atoms with E-state index in [9.17, 15) is 0 Å². The molecule has 0 bridgehead atoms. The van der Waals surface area contributed by atoms with Crippen molar-refractivity contribution in [2.24, 2.45) is 0 Å². The molecule has 1 aliphatic heterocycles. The van der Waals surface area contributed by atoms with Crippen molar-refractivity contribution in [1.82, 2.24) is 9.97 Å². The first-order valence-electron chi connectivity index (χ1n) is 8.67. The lowest BCUT2D eigenvalue weighted by molar-refractivity contribution is 0.707. The highest BCUT2D eigenvalue weighted by Gasteiger charge is 2.17. The van der Waals surface area contributed by atoms with Crippen LogP contribution in [0.1, 0.15) is 27.9 Å². The molecule has 4 rings (SSSR count). The van der Waals surface area contributed by atoms with Crippen molar-refractivity contribution < 1.29 is 0 Å². The van der Waals surface area contributed by atoms with E-state index in [-0.39, 0.29) is 0 Å². The second kappa shape index (κ2) is 6.89. The lowest BCUT2D eigenvalue weighted by Gasteiger charge is -2.28. The van der Waals surface area contributed by atoms with Gasteiger partial charge in [-0.2, -0.15) is 0 Å². The van der Waals surface area contributed by atoms with Crippen LogP contribution in [-0.2, 0) is 13.0 Å². The predicted octanol–water partition coefficient (Wildman–Crippen LogP) is 4.52. The Morgan fingerprint density at radius 1 is 0.920 bits per heavy atom. The number of rotatable bonds is 3. The summed E-state index contributed by atoms with van der Waals surface area (Å²) in [6.45, 7) is 3.93. The Morgan fingerprint density at radius 2 is 1.72 bits per heavy atom. The Bertz CT molecular complexity index is 897. The van der Waals surface area contributed by atoms with Crippen molar-refractivity contribution >= 4 is 18.1 Å². The summed E-state index contributed by atoms with van der Waals surface area (Å²) < 4.78 is 0. The minimum absolute atomic E-state index is 0.806. The molecule has 0 amide bonds. The molecule has 3 heteroatoms. The lowest BCUT2D eigenvalue weighted by atomic mass is 10.0. The van der Waals surface area contributed by atoms with Gasteiger partial charge in [0.25, 0.3) is 0 Å². The summed E-state index contributed by atoms with van der Waals surface area (Å²) in [5.74, 6) is 0.806. The van der Waals surface area contributed by atoms with Gasteiger partial charge in [0.1, 0.15) is 0 Å². The molecule has 0 saturated carbocycles. The van der Waals surface area contributed by atoms with Crippen LogP contribution in [0.5, 0.6) is 0 Å². The molecule has 2 aromatic carbocycles. The van der Waals surface area contributed by atoms with Crippen LogP contribution >= 0.6 is 0 Å². The molecule has 0 unspecified atom stereocenters. The SMILES string of the molecule is Cc1ccc(/C=C/c2ccnc(N3CCc4ccccc4C3)n2)cc1. The highest BCUT2D eigenvalue weighted by atomic mass is 15.2. The summed E-state index contributed by atoms with van der Waals surface area (Å²) in [4.78, 5) is 11.5. The Morgan fingerprint density at radius 3 is 2.56 bits per heavy atom. The summed E-state index contributed by atoms with van der Waals surface area (Å²) in [5.41, 5.74) is 6.20. The standard InChI is InChI=1S/C22H21N3/c1-17-6-8-18(9-7-17)10-11-21-12-14-23-22(24-21)25-15-13-19-4-2-3-5-20(19)16-25/h2-12,14H,13,15-16H2,1H3/b11-10+. The number of aryl methyl sites for hydroxylation is 1. The zero-order valence-corrected chi connectivity index (χ0v) is 14.4. The van der Waals surface area contributed by atoms with Crippen molar-refractivity contribution in [3.05, 3.63) is 88.7 Å². The van der Waals surface area contributed by atoms with Gasteiger partial charge in [0.05, 0.1) is 5.69 Å². The number of anilines is 1. The van der Waals surface area contributed by atoms with E-state index in [4.69, 9.17) is 4.98 Å². The molecule has 0 radical (unpaired) electrons. The molecule has 0 saturated heterocycles. The maximum absolute atomic E-state index is 4.73. The first kappa shape index (κ1) is 15.6. The van der Waals surface area contributed by atoms with Crippen molar-refractivity contribution in [3.8, 4) is 0 Å². The topological polar surface area (TPSA) is 29.0 Å².